The molecule has 1 unspecified atom stereocenters. The van der Waals surface area contributed by atoms with E-state index in [-0.39, 0.29) is 5.60 Å². The smallest absolute Gasteiger partial charge is 0.115 e. The first kappa shape index (κ1) is 11.4. The molecule has 1 N–H and O–H groups in total. The van der Waals surface area contributed by atoms with Crippen molar-refractivity contribution >= 4 is 0 Å². The Morgan fingerprint density at radius 3 is 2.94 bits per heavy atom. The molecule has 1 aromatic rings. The van der Waals surface area contributed by atoms with E-state index in [1.54, 1.807) is 12.1 Å². The van der Waals surface area contributed by atoms with E-state index in [2.05, 4.69) is 18.9 Å². The van der Waals surface area contributed by atoms with Crippen molar-refractivity contribution in [2.24, 2.45) is 0 Å². The summed E-state index contributed by atoms with van der Waals surface area (Å²) in [6, 6.07) is 7.37. The van der Waals surface area contributed by atoms with Crippen LogP contribution in [-0.2, 0) is 10.3 Å². The molecule has 1 atom stereocenters. The van der Waals surface area contributed by atoms with E-state index in [0.717, 1.165) is 31.7 Å². The standard InChI is InChI=1S/C13H19NO2/c1-13(6-7-14(2)8-9-16-13)11-4-3-5-12(15)10-11/h3-5,10,15H,6-9H2,1-2H3. The Morgan fingerprint density at radius 1 is 1.38 bits per heavy atom. The SMILES string of the molecule is CN1CCOC(C)(c2cccc(O)c2)CC1. The molecular weight excluding hydrogens is 202 g/mol. The van der Waals surface area contributed by atoms with Gasteiger partial charge in [0.1, 0.15) is 5.75 Å². The molecule has 3 nitrogen and oxygen atoms in total. The quantitative estimate of drug-likeness (QED) is 0.787. The lowest BCUT2D eigenvalue weighted by Gasteiger charge is -2.28. The first-order chi connectivity index (χ1) is 7.60. The summed E-state index contributed by atoms with van der Waals surface area (Å²) >= 11 is 0. The molecule has 88 valence electrons. The molecule has 0 radical (unpaired) electrons. The molecule has 1 aromatic carbocycles. The minimum absolute atomic E-state index is 0.274. The second-order valence-electron chi connectivity index (χ2n) is 4.68. The number of aromatic hydroxyl groups is 1. The van der Waals surface area contributed by atoms with Gasteiger partial charge >= 0.3 is 0 Å². The van der Waals surface area contributed by atoms with E-state index in [4.69, 9.17) is 4.74 Å². The van der Waals surface area contributed by atoms with Crippen molar-refractivity contribution in [1.29, 1.82) is 0 Å². The van der Waals surface area contributed by atoms with Crippen molar-refractivity contribution < 1.29 is 9.84 Å². The fraction of sp³-hybridized carbons (Fsp3) is 0.538. The fourth-order valence-corrected chi connectivity index (χ4v) is 2.08. The molecule has 1 saturated heterocycles. The van der Waals surface area contributed by atoms with Crippen LogP contribution in [0.15, 0.2) is 24.3 Å². The van der Waals surface area contributed by atoms with Gasteiger partial charge in [0.05, 0.1) is 12.2 Å². The zero-order chi connectivity index (χ0) is 11.6. The van der Waals surface area contributed by atoms with Crippen molar-refractivity contribution in [3.8, 4) is 5.75 Å². The number of phenolic OH excluding ortho intramolecular Hbond substituents is 1. The molecule has 0 spiro atoms. The molecule has 0 aliphatic carbocycles. The summed E-state index contributed by atoms with van der Waals surface area (Å²) in [7, 11) is 2.11. The van der Waals surface area contributed by atoms with Crippen LogP contribution in [0.2, 0.25) is 0 Å². The predicted octanol–water partition coefficient (Wildman–Crippen LogP) is 1.96. The van der Waals surface area contributed by atoms with Crippen LogP contribution in [0.4, 0.5) is 0 Å². The summed E-state index contributed by atoms with van der Waals surface area (Å²) in [5.74, 6) is 0.305. The lowest BCUT2D eigenvalue weighted by Crippen LogP contribution is -2.26. The Morgan fingerprint density at radius 2 is 2.19 bits per heavy atom. The lowest BCUT2D eigenvalue weighted by molar-refractivity contribution is -0.0282. The van der Waals surface area contributed by atoms with Gasteiger partial charge in [0.2, 0.25) is 0 Å². The van der Waals surface area contributed by atoms with Crippen molar-refractivity contribution in [2.45, 2.75) is 18.9 Å². The maximum absolute atomic E-state index is 9.51. The highest BCUT2D eigenvalue weighted by Crippen LogP contribution is 2.32. The van der Waals surface area contributed by atoms with Gasteiger partial charge in [-0.05, 0) is 38.1 Å². The zero-order valence-corrected chi connectivity index (χ0v) is 9.94. The second-order valence-corrected chi connectivity index (χ2v) is 4.68. The monoisotopic (exact) mass is 221 g/mol. The fourth-order valence-electron chi connectivity index (χ4n) is 2.08. The van der Waals surface area contributed by atoms with Gasteiger partial charge in [-0.3, -0.25) is 0 Å². The number of rotatable bonds is 1. The summed E-state index contributed by atoms with van der Waals surface area (Å²) in [6.45, 7) is 4.82. The van der Waals surface area contributed by atoms with Gasteiger partial charge in [-0.2, -0.15) is 0 Å². The van der Waals surface area contributed by atoms with Crippen molar-refractivity contribution in [1.82, 2.24) is 4.90 Å². The predicted molar refractivity (Wildman–Crippen MR) is 63.5 cm³/mol. The third kappa shape index (κ3) is 2.36. The maximum atomic E-state index is 9.51. The topological polar surface area (TPSA) is 32.7 Å². The Labute approximate surface area is 96.6 Å². The summed E-state index contributed by atoms with van der Waals surface area (Å²) in [4.78, 5) is 2.27. The second kappa shape index (κ2) is 4.44. The number of phenols is 1. The minimum Gasteiger partial charge on any atom is -0.508 e. The summed E-state index contributed by atoms with van der Waals surface area (Å²) in [5.41, 5.74) is 0.784. The largest absolute Gasteiger partial charge is 0.508 e. The van der Waals surface area contributed by atoms with Gasteiger partial charge in [-0.25, -0.2) is 0 Å². The Bertz CT molecular complexity index is 367. The highest BCUT2D eigenvalue weighted by atomic mass is 16.5. The Balaban J connectivity index is 2.23. The van der Waals surface area contributed by atoms with E-state index < -0.39 is 0 Å². The molecule has 1 aliphatic heterocycles. The van der Waals surface area contributed by atoms with Crippen LogP contribution >= 0.6 is 0 Å². The molecule has 0 amide bonds. The number of hydrogen-bond acceptors (Lipinski definition) is 3. The van der Waals surface area contributed by atoms with Crippen LogP contribution in [0.1, 0.15) is 18.9 Å². The lowest BCUT2D eigenvalue weighted by atomic mass is 9.92. The minimum atomic E-state index is -0.274. The van der Waals surface area contributed by atoms with Gasteiger partial charge in [-0.15, -0.1) is 0 Å². The van der Waals surface area contributed by atoms with E-state index in [1.165, 1.54) is 0 Å². The number of hydrogen-bond donors (Lipinski definition) is 1. The Kier molecular flexibility index (Phi) is 3.17. The van der Waals surface area contributed by atoms with Crippen LogP contribution in [0, 0.1) is 0 Å². The first-order valence-corrected chi connectivity index (χ1v) is 5.72. The van der Waals surface area contributed by atoms with Crippen LogP contribution in [0.5, 0.6) is 5.75 Å². The molecule has 1 heterocycles. The number of ether oxygens (including phenoxy) is 1. The van der Waals surface area contributed by atoms with E-state index in [0.29, 0.717) is 5.75 Å². The normalized spacial score (nSPS) is 27.6. The van der Waals surface area contributed by atoms with Crippen LogP contribution in [0.25, 0.3) is 0 Å². The third-order valence-electron chi connectivity index (χ3n) is 3.32. The highest BCUT2D eigenvalue weighted by molar-refractivity contribution is 5.31. The van der Waals surface area contributed by atoms with E-state index >= 15 is 0 Å². The molecule has 0 bridgehead atoms. The molecular formula is C13H19NO2. The summed E-state index contributed by atoms with van der Waals surface area (Å²) in [5, 5.41) is 9.51. The number of nitrogens with zero attached hydrogens (tertiary/aromatic N) is 1. The first-order valence-electron chi connectivity index (χ1n) is 5.72. The molecule has 1 fully saturated rings. The Hall–Kier alpha value is -1.06. The average Bonchev–Trinajstić information content (AvgIpc) is 2.42. The van der Waals surface area contributed by atoms with E-state index in [9.17, 15) is 5.11 Å². The maximum Gasteiger partial charge on any atom is 0.115 e. The molecule has 16 heavy (non-hydrogen) atoms. The van der Waals surface area contributed by atoms with E-state index in [1.807, 2.05) is 12.1 Å². The van der Waals surface area contributed by atoms with Crippen molar-refractivity contribution in [3.05, 3.63) is 29.8 Å². The van der Waals surface area contributed by atoms with Crippen molar-refractivity contribution in [2.75, 3.05) is 26.7 Å². The van der Waals surface area contributed by atoms with Crippen LogP contribution < -0.4 is 0 Å². The number of likely N-dealkylation sites (N-methyl/N-ethyl adjacent to an activating group) is 1. The van der Waals surface area contributed by atoms with Crippen molar-refractivity contribution in [3.63, 3.8) is 0 Å². The van der Waals surface area contributed by atoms with Gasteiger partial charge < -0.3 is 14.7 Å². The summed E-state index contributed by atoms with van der Waals surface area (Å²) < 4.78 is 5.95. The van der Waals surface area contributed by atoms with Gasteiger partial charge in [-0.1, -0.05) is 12.1 Å². The van der Waals surface area contributed by atoms with Gasteiger partial charge in [0.15, 0.2) is 0 Å². The average molecular weight is 221 g/mol. The van der Waals surface area contributed by atoms with Crippen LogP contribution in [-0.4, -0.2) is 36.8 Å². The van der Waals surface area contributed by atoms with Gasteiger partial charge in [0.25, 0.3) is 0 Å². The molecule has 0 aromatic heterocycles. The molecule has 0 saturated carbocycles. The summed E-state index contributed by atoms with van der Waals surface area (Å²) in [6.07, 6.45) is 0.951. The van der Waals surface area contributed by atoms with Crippen LogP contribution in [0.3, 0.4) is 0 Å². The highest BCUT2D eigenvalue weighted by Gasteiger charge is 2.30. The zero-order valence-electron chi connectivity index (χ0n) is 9.94. The molecule has 2 rings (SSSR count). The number of benzene rings is 1. The molecule has 3 heteroatoms. The third-order valence-corrected chi connectivity index (χ3v) is 3.32. The molecule has 1 aliphatic rings. The van der Waals surface area contributed by atoms with Gasteiger partial charge in [0, 0.05) is 13.1 Å².